The Balaban J connectivity index is 1.67. The zero-order chi connectivity index (χ0) is 16.7. The second-order valence-corrected chi connectivity index (χ2v) is 5.79. The zero-order valence-electron chi connectivity index (χ0n) is 12.8. The number of fused-ring (bicyclic) bond motifs is 3. The monoisotopic (exact) mass is 322 g/mol. The van der Waals surface area contributed by atoms with Gasteiger partial charge in [-0.2, -0.15) is 0 Å². The molecule has 0 radical (unpaired) electrons. The minimum absolute atomic E-state index is 0.176. The predicted octanol–water partition coefficient (Wildman–Crippen LogP) is 3.68. The molecule has 0 bridgehead atoms. The van der Waals surface area contributed by atoms with E-state index in [-0.39, 0.29) is 17.5 Å². The van der Waals surface area contributed by atoms with Crippen LogP contribution in [0.5, 0.6) is 5.75 Å². The molecule has 0 aliphatic carbocycles. The van der Waals surface area contributed by atoms with Crippen molar-refractivity contribution in [2.24, 2.45) is 0 Å². The van der Waals surface area contributed by atoms with E-state index in [1.54, 1.807) is 23.2 Å². The van der Waals surface area contributed by atoms with E-state index in [2.05, 4.69) is 4.98 Å². The summed E-state index contributed by atoms with van der Waals surface area (Å²) in [6, 6.07) is 10.9. The van der Waals surface area contributed by atoms with Gasteiger partial charge in [-0.25, -0.2) is 4.39 Å². The van der Waals surface area contributed by atoms with Gasteiger partial charge in [0.15, 0.2) is 0 Å². The molecule has 0 atom stereocenters. The van der Waals surface area contributed by atoms with Gasteiger partial charge >= 0.3 is 0 Å². The van der Waals surface area contributed by atoms with Gasteiger partial charge in [0.1, 0.15) is 11.6 Å². The van der Waals surface area contributed by atoms with Crippen molar-refractivity contribution >= 4 is 22.9 Å². The molecular formula is C19H15FN2O2. The van der Waals surface area contributed by atoms with Crippen molar-refractivity contribution in [3.8, 4) is 5.75 Å². The highest BCUT2D eigenvalue weighted by molar-refractivity contribution is 5.96. The van der Waals surface area contributed by atoms with Crippen molar-refractivity contribution in [3.63, 3.8) is 0 Å². The number of nitrogens with zero attached hydrogens (tertiary/aromatic N) is 1. The summed E-state index contributed by atoms with van der Waals surface area (Å²) in [4.78, 5) is 17.4. The SMILES string of the molecule is O=C(c1ccc(F)cc1)N1C=Cc2[nH]c3cccc(O)c3c2CC1. The van der Waals surface area contributed by atoms with Crippen molar-refractivity contribution in [1.29, 1.82) is 0 Å². The first-order valence-corrected chi connectivity index (χ1v) is 7.71. The van der Waals surface area contributed by atoms with E-state index in [1.165, 1.54) is 24.3 Å². The molecule has 0 fully saturated rings. The number of hydrogen-bond acceptors (Lipinski definition) is 2. The second kappa shape index (κ2) is 5.53. The smallest absolute Gasteiger partial charge is 0.257 e. The molecule has 3 aromatic rings. The number of aromatic hydroxyl groups is 1. The molecule has 120 valence electrons. The molecule has 1 amide bonds. The first-order valence-electron chi connectivity index (χ1n) is 7.71. The molecular weight excluding hydrogens is 307 g/mol. The van der Waals surface area contributed by atoms with Crippen molar-refractivity contribution in [2.75, 3.05) is 6.54 Å². The molecule has 4 rings (SSSR count). The van der Waals surface area contributed by atoms with Crippen LogP contribution in [0.3, 0.4) is 0 Å². The van der Waals surface area contributed by atoms with Crippen LogP contribution in [0.2, 0.25) is 0 Å². The second-order valence-electron chi connectivity index (χ2n) is 5.79. The van der Waals surface area contributed by atoms with Crippen molar-refractivity contribution in [1.82, 2.24) is 9.88 Å². The number of nitrogens with one attached hydrogen (secondary N) is 1. The lowest BCUT2D eigenvalue weighted by Gasteiger charge is -2.17. The lowest BCUT2D eigenvalue weighted by atomic mass is 10.1. The summed E-state index contributed by atoms with van der Waals surface area (Å²) in [7, 11) is 0. The van der Waals surface area contributed by atoms with Gasteiger partial charge in [0.25, 0.3) is 5.91 Å². The zero-order valence-corrected chi connectivity index (χ0v) is 12.8. The molecule has 0 saturated carbocycles. The molecule has 0 unspecified atom stereocenters. The number of benzene rings is 2. The average molecular weight is 322 g/mol. The summed E-state index contributed by atoms with van der Waals surface area (Å²) in [6.45, 7) is 0.487. The first-order chi connectivity index (χ1) is 11.6. The summed E-state index contributed by atoms with van der Waals surface area (Å²) in [5.41, 5.74) is 3.21. The van der Waals surface area contributed by atoms with Gasteiger partial charge in [-0.3, -0.25) is 4.79 Å². The van der Waals surface area contributed by atoms with E-state index < -0.39 is 0 Å². The quantitative estimate of drug-likeness (QED) is 0.718. The number of halogens is 1. The van der Waals surface area contributed by atoms with E-state index in [0.29, 0.717) is 18.5 Å². The fourth-order valence-electron chi connectivity index (χ4n) is 3.12. The van der Waals surface area contributed by atoms with E-state index in [4.69, 9.17) is 0 Å². The van der Waals surface area contributed by atoms with Crippen LogP contribution in [0.4, 0.5) is 4.39 Å². The maximum absolute atomic E-state index is 13.0. The Hall–Kier alpha value is -3.08. The van der Waals surface area contributed by atoms with Gasteiger partial charge in [-0.1, -0.05) is 6.07 Å². The number of aromatic amines is 1. The van der Waals surface area contributed by atoms with Gasteiger partial charge in [0, 0.05) is 34.9 Å². The van der Waals surface area contributed by atoms with Crippen LogP contribution in [0.1, 0.15) is 21.6 Å². The summed E-state index contributed by atoms with van der Waals surface area (Å²) in [5.74, 6) is -0.309. The largest absolute Gasteiger partial charge is 0.507 e. The van der Waals surface area contributed by atoms with Crippen molar-refractivity contribution < 1.29 is 14.3 Å². The van der Waals surface area contributed by atoms with Crippen LogP contribution in [-0.4, -0.2) is 27.4 Å². The predicted molar refractivity (Wildman–Crippen MR) is 90.1 cm³/mol. The number of amides is 1. The first kappa shape index (κ1) is 14.5. The van der Waals surface area contributed by atoms with Crippen LogP contribution in [0, 0.1) is 5.82 Å². The highest BCUT2D eigenvalue weighted by Crippen LogP contribution is 2.32. The number of aromatic nitrogens is 1. The normalized spacial score (nSPS) is 13.8. The molecule has 2 N–H and O–H groups in total. The molecule has 1 aliphatic rings. The fourth-order valence-corrected chi connectivity index (χ4v) is 3.12. The van der Waals surface area contributed by atoms with E-state index in [1.807, 2.05) is 12.1 Å². The van der Waals surface area contributed by atoms with Gasteiger partial charge < -0.3 is 15.0 Å². The summed E-state index contributed by atoms with van der Waals surface area (Å²) < 4.78 is 13.0. The minimum atomic E-state index is -0.366. The van der Waals surface area contributed by atoms with Gasteiger partial charge in [0.2, 0.25) is 0 Å². The van der Waals surface area contributed by atoms with Gasteiger partial charge in [-0.05, 0) is 54.5 Å². The lowest BCUT2D eigenvalue weighted by molar-refractivity contribution is 0.0825. The molecule has 2 heterocycles. The number of phenols is 1. The number of phenolic OH excluding ortho intramolecular Hbond substituents is 1. The Labute approximate surface area is 137 Å². The van der Waals surface area contributed by atoms with E-state index >= 15 is 0 Å². The van der Waals surface area contributed by atoms with Crippen LogP contribution in [0.15, 0.2) is 48.7 Å². The summed E-state index contributed by atoms with van der Waals surface area (Å²) in [6.07, 6.45) is 4.18. The third-order valence-corrected chi connectivity index (χ3v) is 4.31. The molecule has 0 saturated heterocycles. The molecule has 1 aromatic heterocycles. The molecule has 0 spiro atoms. The topological polar surface area (TPSA) is 56.3 Å². The average Bonchev–Trinajstić information content (AvgIpc) is 2.82. The Morgan fingerprint density at radius 3 is 2.75 bits per heavy atom. The fraction of sp³-hybridized carbons (Fsp3) is 0.105. The Kier molecular flexibility index (Phi) is 3.34. The van der Waals surface area contributed by atoms with Gasteiger partial charge in [0.05, 0.1) is 0 Å². The maximum Gasteiger partial charge on any atom is 0.257 e. The third-order valence-electron chi connectivity index (χ3n) is 4.31. The number of rotatable bonds is 1. The molecule has 5 heteroatoms. The Morgan fingerprint density at radius 2 is 1.96 bits per heavy atom. The molecule has 1 aliphatic heterocycles. The molecule has 24 heavy (non-hydrogen) atoms. The summed E-state index contributed by atoms with van der Waals surface area (Å²) >= 11 is 0. The van der Waals surface area contributed by atoms with Crippen LogP contribution in [0.25, 0.3) is 17.0 Å². The maximum atomic E-state index is 13.0. The number of hydrogen-bond donors (Lipinski definition) is 2. The Bertz CT molecular complexity index is 957. The van der Waals surface area contributed by atoms with Crippen molar-refractivity contribution in [2.45, 2.75) is 6.42 Å². The van der Waals surface area contributed by atoms with Gasteiger partial charge in [-0.15, -0.1) is 0 Å². The van der Waals surface area contributed by atoms with E-state index in [0.717, 1.165) is 22.2 Å². The highest BCUT2D eigenvalue weighted by atomic mass is 19.1. The van der Waals surface area contributed by atoms with Crippen LogP contribution < -0.4 is 0 Å². The standard InChI is InChI=1S/C19H15FN2O2/c20-13-6-4-12(5-7-13)19(24)22-10-8-14-15(9-11-22)21-16-2-1-3-17(23)18(14)16/h1-7,9,11,21,23H,8,10H2. The number of carbonyl (C=O) groups is 1. The molecule has 4 nitrogen and oxygen atoms in total. The van der Waals surface area contributed by atoms with E-state index in [9.17, 15) is 14.3 Å². The number of H-pyrrole nitrogens is 1. The highest BCUT2D eigenvalue weighted by Gasteiger charge is 2.20. The molecule has 2 aromatic carbocycles. The minimum Gasteiger partial charge on any atom is -0.507 e. The third kappa shape index (κ3) is 2.34. The Morgan fingerprint density at radius 1 is 1.17 bits per heavy atom. The lowest BCUT2D eigenvalue weighted by Crippen LogP contribution is -2.27. The number of carbonyl (C=O) groups excluding carboxylic acids is 1. The summed E-state index contributed by atoms with van der Waals surface area (Å²) in [5, 5.41) is 10.9. The van der Waals surface area contributed by atoms with Crippen LogP contribution in [-0.2, 0) is 6.42 Å². The van der Waals surface area contributed by atoms with Crippen LogP contribution >= 0.6 is 0 Å². The van der Waals surface area contributed by atoms with Crippen molar-refractivity contribution in [3.05, 3.63) is 71.3 Å².